The summed E-state index contributed by atoms with van der Waals surface area (Å²) in [5.74, 6) is -1.02. The number of anilines is 1. The Labute approximate surface area is 116 Å². The minimum absolute atomic E-state index is 0.0975. The minimum atomic E-state index is -1.02. The van der Waals surface area contributed by atoms with Gasteiger partial charge in [-0.25, -0.2) is 0 Å². The number of nitrogens with zero attached hydrogens (tertiary/aromatic N) is 3. The monoisotopic (exact) mass is 277 g/mol. The molecule has 0 amide bonds. The summed E-state index contributed by atoms with van der Waals surface area (Å²) >= 11 is 0. The minimum Gasteiger partial charge on any atom is -0.480 e. The molecule has 0 aliphatic rings. The molecule has 7 heteroatoms. The third kappa shape index (κ3) is 3.45. The normalized spacial score (nSPS) is 11.4. The van der Waals surface area contributed by atoms with Crippen LogP contribution < -0.4 is 4.90 Å². The maximum absolute atomic E-state index is 10.9. The molecular weight excluding hydrogens is 262 g/mol. The Kier molecular flexibility index (Phi) is 5.03. The van der Waals surface area contributed by atoms with Gasteiger partial charge in [0.1, 0.15) is 12.6 Å². The Morgan fingerprint density at radius 2 is 2.25 bits per heavy atom. The summed E-state index contributed by atoms with van der Waals surface area (Å²) in [5, 5.41) is 28.8. The van der Waals surface area contributed by atoms with Crippen molar-refractivity contribution in [2.75, 3.05) is 11.4 Å². The zero-order valence-electron chi connectivity index (χ0n) is 11.2. The van der Waals surface area contributed by atoms with Crippen LogP contribution in [0.4, 0.5) is 11.4 Å². The van der Waals surface area contributed by atoms with Crippen LogP contribution in [0.5, 0.6) is 0 Å². The molecule has 0 aliphatic carbocycles. The molecule has 1 N–H and O–H groups in total. The van der Waals surface area contributed by atoms with Crippen molar-refractivity contribution in [2.45, 2.75) is 26.3 Å². The van der Waals surface area contributed by atoms with E-state index in [0.717, 1.165) is 6.07 Å². The van der Waals surface area contributed by atoms with Gasteiger partial charge in [-0.3, -0.25) is 14.9 Å². The fourth-order valence-corrected chi connectivity index (χ4v) is 1.82. The Morgan fingerprint density at radius 1 is 1.60 bits per heavy atom. The molecule has 1 atom stereocenters. The standard InChI is InChI=1S/C13H15N3O4/c1-3-9(2)15(8-13(17)18)12-5-4-11(16(19)20)6-10(12)7-14/h4-6,9H,3,8H2,1-2H3,(H,17,18). The van der Waals surface area contributed by atoms with Gasteiger partial charge in [0.15, 0.2) is 0 Å². The maximum Gasteiger partial charge on any atom is 0.323 e. The molecule has 0 spiro atoms. The van der Waals surface area contributed by atoms with Gasteiger partial charge < -0.3 is 10.0 Å². The second-order valence-electron chi connectivity index (χ2n) is 4.35. The van der Waals surface area contributed by atoms with Gasteiger partial charge in [0.25, 0.3) is 5.69 Å². The molecule has 0 fully saturated rings. The Morgan fingerprint density at radius 3 is 2.70 bits per heavy atom. The Hall–Kier alpha value is -2.62. The average Bonchev–Trinajstić information content (AvgIpc) is 2.43. The summed E-state index contributed by atoms with van der Waals surface area (Å²) in [5.41, 5.74) is 0.306. The molecule has 0 radical (unpaired) electrons. The highest BCUT2D eigenvalue weighted by Crippen LogP contribution is 2.27. The van der Waals surface area contributed by atoms with Crippen LogP contribution >= 0.6 is 0 Å². The lowest BCUT2D eigenvalue weighted by atomic mass is 10.1. The first-order chi connectivity index (χ1) is 9.40. The molecule has 0 aromatic heterocycles. The van der Waals surface area contributed by atoms with E-state index in [0.29, 0.717) is 12.1 Å². The van der Waals surface area contributed by atoms with Crippen LogP contribution in [0.2, 0.25) is 0 Å². The van der Waals surface area contributed by atoms with Crippen molar-refractivity contribution in [1.82, 2.24) is 0 Å². The van der Waals surface area contributed by atoms with E-state index >= 15 is 0 Å². The first kappa shape index (κ1) is 15.4. The second-order valence-corrected chi connectivity index (χ2v) is 4.35. The predicted molar refractivity (Wildman–Crippen MR) is 72.5 cm³/mol. The molecule has 106 valence electrons. The number of carboxylic acid groups (broad SMARTS) is 1. The summed E-state index contributed by atoms with van der Waals surface area (Å²) < 4.78 is 0. The predicted octanol–water partition coefficient (Wildman–Crippen LogP) is 2.16. The Balaban J connectivity index is 3.29. The van der Waals surface area contributed by atoms with Crippen LogP contribution in [0.3, 0.4) is 0 Å². The highest BCUT2D eigenvalue weighted by molar-refractivity contribution is 5.76. The molecule has 0 saturated heterocycles. The van der Waals surface area contributed by atoms with E-state index in [4.69, 9.17) is 10.4 Å². The van der Waals surface area contributed by atoms with Gasteiger partial charge in [0, 0.05) is 18.2 Å². The first-order valence-corrected chi connectivity index (χ1v) is 6.07. The maximum atomic E-state index is 10.9. The van der Waals surface area contributed by atoms with Crippen molar-refractivity contribution in [3.8, 4) is 6.07 Å². The number of benzene rings is 1. The third-order valence-electron chi connectivity index (χ3n) is 3.05. The number of hydrogen-bond acceptors (Lipinski definition) is 5. The van der Waals surface area contributed by atoms with Gasteiger partial charge in [-0.15, -0.1) is 0 Å². The first-order valence-electron chi connectivity index (χ1n) is 6.07. The van der Waals surface area contributed by atoms with E-state index in [1.165, 1.54) is 12.1 Å². The second kappa shape index (κ2) is 6.52. The molecule has 1 rings (SSSR count). The fourth-order valence-electron chi connectivity index (χ4n) is 1.82. The highest BCUT2D eigenvalue weighted by atomic mass is 16.6. The van der Waals surface area contributed by atoms with Crippen LogP contribution in [0.25, 0.3) is 0 Å². The van der Waals surface area contributed by atoms with Crippen molar-refractivity contribution in [2.24, 2.45) is 0 Å². The smallest absolute Gasteiger partial charge is 0.323 e. The molecule has 0 saturated carbocycles. The Bertz CT molecular complexity index is 565. The lowest BCUT2D eigenvalue weighted by Crippen LogP contribution is -2.37. The molecular formula is C13H15N3O4. The number of carbonyl (C=O) groups is 1. The molecule has 7 nitrogen and oxygen atoms in total. The van der Waals surface area contributed by atoms with Crippen LogP contribution in [-0.2, 0) is 4.79 Å². The van der Waals surface area contributed by atoms with Gasteiger partial charge in [0.2, 0.25) is 0 Å². The summed E-state index contributed by atoms with van der Waals surface area (Å²) in [6, 6.07) is 5.64. The zero-order chi connectivity index (χ0) is 15.3. The van der Waals surface area contributed by atoms with Crippen LogP contribution in [0.15, 0.2) is 18.2 Å². The number of nitro groups is 1. The van der Waals surface area contributed by atoms with Crippen LogP contribution in [0.1, 0.15) is 25.8 Å². The number of aliphatic carboxylic acids is 1. The number of carboxylic acids is 1. The number of non-ortho nitro benzene ring substituents is 1. The van der Waals surface area contributed by atoms with Gasteiger partial charge in [0.05, 0.1) is 16.2 Å². The molecule has 0 heterocycles. The summed E-state index contributed by atoms with van der Waals surface area (Å²) in [6.45, 7) is 3.48. The molecule has 1 aromatic carbocycles. The van der Waals surface area contributed by atoms with E-state index < -0.39 is 10.9 Å². The number of hydrogen-bond donors (Lipinski definition) is 1. The van der Waals surface area contributed by atoms with Crippen molar-refractivity contribution >= 4 is 17.3 Å². The van der Waals surface area contributed by atoms with Gasteiger partial charge in [-0.1, -0.05) is 6.92 Å². The fraction of sp³-hybridized carbons (Fsp3) is 0.385. The van der Waals surface area contributed by atoms with E-state index in [1.807, 2.05) is 19.9 Å². The summed E-state index contributed by atoms with van der Waals surface area (Å²) in [6.07, 6.45) is 0.690. The number of rotatable bonds is 6. The third-order valence-corrected chi connectivity index (χ3v) is 3.05. The lowest BCUT2D eigenvalue weighted by molar-refractivity contribution is -0.384. The zero-order valence-corrected chi connectivity index (χ0v) is 11.2. The number of nitriles is 1. The SMILES string of the molecule is CCC(C)N(CC(=O)O)c1ccc([N+](=O)[O-])cc1C#N. The van der Waals surface area contributed by atoms with Crippen molar-refractivity contribution in [3.05, 3.63) is 33.9 Å². The molecule has 1 aromatic rings. The average molecular weight is 277 g/mol. The van der Waals surface area contributed by atoms with Crippen LogP contribution in [0, 0.1) is 21.4 Å². The van der Waals surface area contributed by atoms with Crippen molar-refractivity contribution in [3.63, 3.8) is 0 Å². The van der Waals surface area contributed by atoms with Crippen LogP contribution in [-0.4, -0.2) is 28.6 Å². The van der Waals surface area contributed by atoms with E-state index in [9.17, 15) is 14.9 Å². The lowest BCUT2D eigenvalue weighted by Gasteiger charge is -2.29. The summed E-state index contributed by atoms with van der Waals surface area (Å²) in [4.78, 5) is 22.6. The topological polar surface area (TPSA) is 107 Å². The molecule has 20 heavy (non-hydrogen) atoms. The van der Waals surface area contributed by atoms with Gasteiger partial charge in [-0.05, 0) is 19.4 Å². The number of nitro benzene ring substituents is 1. The molecule has 0 bridgehead atoms. The highest BCUT2D eigenvalue weighted by Gasteiger charge is 2.21. The van der Waals surface area contributed by atoms with Crippen molar-refractivity contribution < 1.29 is 14.8 Å². The van der Waals surface area contributed by atoms with E-state index in [-0.39, 0.29) is 23.8 Å². The largest absolute Gasteiger partial charge is 0.480 e. The molecule has 0 aliphatic heterocycles. The van der Waals surface area contributed by atoms with E-state index in [2.05, 4.69) is 0 Å². The quantitative estimate of drug-likeness (QED) is 0.630. The van der Waals surface area contributed by atoms with Gasteiger partial charge >= 0.3 is 5.97 Å². The van der Waals surface area contributed by atoms with Gasteiger partial charge in [-0.2, -0.15) is 5.26 Å². The molecule has 1 unspecified atom stereocenters. The van der Waals surface area contributed by atoms with E-state index in [1.54, 1.807) is 4.90 Å². The summed E-state index contributed by atoms with van der Waals surface area (Å²) in [7, 11) is 0. The van der Waals surface area contributed by atoms with Crippen molar-refractivity contribution in [1.29, 1.82) is 5.26 Å².